The molecule has 0 saturated carbocycles. The standard InChI is InChI=1S/C59H83N7O13S/c1-5-6-7-8-9-10-11-12-13-14-15-16-26-33-51(70)80-39-48(56(75)63-46(38-50(68)69)55(74)64-47(57(76)77)36-42-31-24-19-25-32-42)65-52(71)43(34-40-27-20-17-21-28-40)61-54(73)45(37-49(60)67)62-53(72)44(35-41-29-22-18-23-30-41)66-58(78)79-59(2,3)4/h17-25,27-32,43-48H,5-16,26,33-39H2,1-4H3,(H2,60,67)(H,61,73)(H,62,72)(H,63,75)(H,64,74)(H,65,71)(H,66,78)(H,68,69)(H,76,77)/t43-,44-,45-,46-,47-,48-/m0/s1. The van der Waals surface area contributed by atoms with Crippen molar-refractivity contribution in [2.45, 2.75) is 192 Å². The van der Waals surface area contributed by atoms with Crippen molar-refractivity contribution in [3.63, 3.8) is 0 Å². The van der Waals surface area contributed by atoms with E-state index in [1.54, 1.807) is 112 Å². The first-order valence-corrected chi connectivity index (χ1v) is 28.6. The first-order valence-electron chi connectivity index (χ1n) is 27.7. The van der Waals surface area contributed by atoms with Gasteiger partial charge in [-0.2, -0.15) is 0 Å². The fourth-order valence-corrected chi connectivity index (χ4v) is 9.37. The highest BCUT2D eigenvalue weighted by atomic mass is 32.2. The molecular formula is C59H83N7O13S. The van der Waals surface area contributed by atoms with Crippen molar-refractivity contribution < 1.29 is 62.9 Å². The number of benzene rings is 3. The number of ether oxygens (including phenoxy) is 1. The van der Waals surface area contributed by atoms with Gasteiger partial charge in [-0.1, -0.05) is 187 Å². The molecule has 21 heteroatoms. The molecule has 3 rings (SSSR count). The molecule has 7 amide bonds. The maximum absolute atomic E-state index is 14.6. The Kier molecular flexibility index (Phi) is 30.8. The van der Waals surface area contributed by atoms with Crippen LogP contribution >= 0.6 is 11.8 Å². The average molecular weight is 1130 g/mol. The first-order chi connectivity index (χ1) is 38.1. The van der Waals surface area contributed by atoms with Crippen LogP contribution in [-0.2, 0) is 67.2 Å². The number of carboxylic acids is 2. The lowest BCUT2D eigenvalue weighted by atomic mass is 10.0. The second-order valence-electron chi connectivity index (χ2n) is 20.9. The number of hydrogen-bond donors (Lipinski definition) is 9. The quantitative estimate of drug-likeness (QED) is 0.0288. The smallest absolute Gasteiger partial charge is 0.408 e. The van der Waals surface area contributed by atoms with Crippen molar-refractivity contribution in [3.05, 3.63) is 108 Å². The van der Waals surface area contributed by atoms with Gasteiger partial charge in [-0.25, -0.2) is 9.59 Å². The SMILES string of the molecule is CCCCCCCCCCCCCCCC(=O)SC[C@H](NC(=O)[C@H](Cc1ccccc1)NC(=O)[C@H](CC(N)=O)NC(=O)[C@H](Cc1ccccc1)NC(=O)OC(C)(C)C)C(=O)N[C@@H](CC(=O)O)C(=O)N[C@@H](Cc1ccccc1)C(=O)O. The second-order valence-corrected chi connectivity index (χ2v) is 21.9. The number of unbranched alkanes of at least 4 members (excludes halogenated alkanes) is 12. The number of thioether (sulfide) groups is 1. The fraction of sp³-hybridized carbons (Fsp3) is 0.525. The topological polar surface area (TPSA) is 319 Å². The molecule has 0 aliphatic heterocycles. The molecule has 0 unspecified atom stereocenters. The normalized spacial score (nSPS) is 13.4. The van der Waals surface area contributed by atoms with Crippen LogP contribution in [0.15, 0.2) is 91.0 Å². The molecule has 0 saturated heterocycles. The number of alkyl carbamates (subject to hydrolysis) is 1. The summed E-state index contributed by atoms with van der Waals surface area (Å²) >= 11 is 0.728. The third-order valence-electron chi connectivity index (χ3n) is 12.7. The fourth-order valence-electron chi connectivity index (χ4n) is 8.49. The molecule has 0 aromatic heterocycles. The molecule has 0 bridgehead atoms. The van der Waals surface area contributed by atoms with E-state index < -0.39 is 114 Å². The van der Waals surface area contributed by atoms with Crippen molar-refractivity contribution in [2.75, 3.05) is 5.75 Å². The average Bonchev–Trinajstić information content (AvgIpc) is 3.40. The van der Waals surface area contributed by atoms with E-state index >= 15 is 0 Å². The third kappa shape index (κ3) is 28.5. The molecule has 0 aliphatic rings. The van der Waals surface area contributed by atoms with E-state index in [4.69, 9.17) is 10.5 Å². The van der Waals surface area contributed by atoms with E-state index in [-0.39, 0.29) is 30.8 Å². The van der Waals surface area contributed by atoms with Gasteiger partial charge >= 0.3 is 18.0 Å². The molecule has 0 heterocycles. The van der Waals surface area contributed by atoms with Gasteiger partial charge in [0.05, 0.1) is 12.8 Å². The highest BCUT2D eigenvalue weighted by molar-refractivity contribution is 8.13. The van der Waals surface area contributed by atoms with Crippen LogP contribution in [0.2, 0.25) is 0 Å². The number of hydrogen-bond acceptors (Lipinski definition) is 12. The summed E-state index contributed by atoms with van der Waals surface area (Å²) in [4.78, 5) is 134. The summed E-state index contributed by atoms with van der Waals surface area (Å²) in [5.41, 5.74) is 6.32. The van der Waals surface area contributed by atoms with Crippen LogP contribution in [0.5, 0.6) is 0 Å². The van der Waals surface area contributed by atoms with Crippen molar-refractivity contribution in [1.29, 1.82) is 0 Å². The number of carbonyl (C=O) groups excluding carboxylic acids is 8. The summed E-state index contributed by atoms with van der Waals surface area (Å²) in [5, 5.41) is 34.3. The van der Waals surface area contributed by atoms with Crippen molar-refractivity contribution in [1.82, 2.24) is 31.9 Å². The van der Waals surface area contributed by atoms with E-state index in [1.165, 1.54) is 44.9 Å². The molecule has 0 fully saturated rings. The zero-order valence-corrected chi connectivity index (χ0v) is 47.5. The number of nitrogens with one attached hydrogen (secondary N) is 6. The van der Waals surface area contributed by atoms with Gasteiger partial charge < -0.3 is 52.6 Å². The maximum atomic E-state index is 14.6. The number of rotatable bonds is 38. The molecule has 80 heavy (non-hydrogen) atoms. The number of carboxylic acid groups (broad SMARTS) is 2. The Morgan fingerprint density at radius 1 is 0.475 bits per heavy atom. The minimum atomic E-state index is -1.86. The number of nitrogens with two attached hydrogens (primary N) is 1. The van der Waals surface area contributed by atoms with Crippen LogP contribution in [0.4, 0.5) is 4.79 Å². The van der Waals surface area contributed by atoms with E-state index in [9.17, 15) is 58.2 Å². The molecule has 438 valence electrons. The molecule has 3 aromatic carbocycles. The Hall–Kier alpha value is -7.29. The number of carbonyl (C=O) groups is 10. The lowest BCUT2D eigenvalue weighted by Crippen LogP contribution is -2.61. The van der Waals surface area contributed by atoms with Crippen LogP contribution in [0, 0.1) is 0 Å². The largest absolute Gasteiger partial charge is 0.481 e. The minimum Gasteiger partial charge on any atom is -0.481 e. The monoisotopic (exact) mass is 1130 g/mol. The van der Waals surface area contributed by atoms with Gasteiger partial charge in [0.2, 0.25) is 35.4 Å². The number of aliphatic carboxylic acids is 2. The van der Waals surface area contributed by atoms with Crippen LogP contribution in [0.1, 0.15) is 147 Å². The van der Waals surface area contributed by atoms with Crippen molar-refractivity contribution in [2.24, 2.45) is 5.73 Å². The summed E-state index contributed by atoms with van der Waals surface area (Å²) in [6, 6.07) is 15.6. The van der Waals surface area contributed by atoms with Crippen molar-refractivity contribution >= 4 is 70.4 Å². The van der Waals surface area contributed by atoms with Crippen molar-refractivity contribution in [3.8, 4) is 0 Å². The Morgan fingerprint density at radius 3 is 1.24 bits per heavy atom. The summed E-state index contributed by atoms with van der Waals surface area (Å²) in [6.07, 6.45) is 11.3. The predicted octanol–water partition coefficient (Wildman–Crippen LogP) is 6.21. The maximum Gasteiger partial charge on any atom is 0.408 e. The third-order valence-corrected chi connectivity index (χ3v) is 13.7. The van der Waals surface area contributed by atoms with E-state index in [1.807, 2.05) is 0 Å². The van der Waals surface area contributed by atoms with Gasteiger partial charge in [0.25, 0.3) is 0 Å². The lowest BCUT2D eigenvalue weighted by molar-refractivity contribution is -0.143. The van der Waals surface area contributed by atoms with Crippen LogP contribution < -0.4 is 37.6 Å². The Bertz CT molecular complexity index is 2440. The lowest BCUT2D eigenvalue weighted by Gasteiger charge is -2.27. The number of amides is 7. The molecule has 20 nitrogen and oxygen atoms in total. The van der Waals surface area contributed by atoms with Crippen LogP contribution in [0.3, 0.4) is 0 Å². The van der Waals surface area contributed by atoms with Gasteiger partial charge in [-0.3, -0.25) is 38.4 Å². The highest BCUT2D eigenvalue weighted by Crippen LogP contribution is 2.17. The molecular weight excluding hydrogens is 1050 g/mol. The first kappa shape index (κ1) is 67.0. The molecule has 10 N–H and O–H groups in total. The second kappa shape index (κ2) is 36.8. The molecule has 6 atom stereocenters. The molecule has 0 spiro atoms. The van der Waals surface area contributed by atoms with Crippen LogP contribution in [-0.4, -0.2) is 116 Å². The molecule has 3 aromatic rings. The number of primary amides is 1. The van der Waals surface area contributed by atoms with Crippen LogP contribution in [0.25, 0.3) is 0 Å². The summed E-state index contributed by atoms with van der Waals surface area (Å²) in [7, 11) is 0. The summed E-state index contributed by atoms with van der Waals surface area (Å²) < 4.78 is 5.39. The highest BCUT2D eigenvalue weighted by Gasteiger charge is 2.35. The zero-order valence-electron chi connectivity index (χ0n) is 46.6. The molecule has 0 radical (unpaired) electrons. The van der Waals surface area contributed by atoms with Gasteiger partial charge in [0.1, 0.15) is 41.9 Å². The Labute approximate surface area is 474 Å². The van der Waals surface area contributed by atoms with Gasteiger partial charge in [0, 0.05) is 31.4 Å². The summed E-state index contributed by atoms with van der Waals surface area (Å²) in [5.74, 6) is -9.61. The predicted molar refractivity (Wildman–Crippen MR) is 305 cm³/mol. The minimum absolute atomic E-state index is 0.0674. The zero-order chi connectivity index (χ0) is 58.9. The Balaban J connectivity index is 1.89. The molecule has 0 aliphatic carbocycles. The van der Waals surface area contributed by atoms with E-state index in [0.717, 1.165) is 43.9 Å². The Morgan fingerprint density at radius 2 is 0.825 bits per heavy atom. The summed E-state index contributed by atoms with van der Waals surface area (Å²) in [6.45, 7) is 7.09. The van der Waals surface area contributed by atoms with Gasteiger partial charge in [-0.05, 0) is 43.9 Å². The van der Waals surface area contributed by atoms with E-state index in [0.29, 0.717) is 23.1 Å². The van der Waals surface area contributed by atoms with Gasteiger partial charge in [-0.15, -0.1) is 0 Å². The van der Waals surface area contributed by atoms with E-state index in [2.05, 4.69) is 38.8 Å². The van der Waals surface area contributed by atoms with Gasteiger partial charge in [0.15, 0.2) is 5.12 Å².